The number of thiophene rings is 2. The molecule has 1 fully saturated rings. The number of rotatable bonds is 3. The summed E-state index contributed by atoms with van der Waals surface area (Å²) in [5.74, 6) is -0.151. The van der Waals surface area contributed by atoms with E-state index in [4.69, 9.17) is 0 Å². The minimum atomic E-state index is -3.49. The number of sulfonamides is 1. The van der Waals surface area contributed by atoms with Crippen LogP contribution < -0.4 is 0 Å². The highest BCUT2D eigenvalue weighted by Gasteiger charge is 2.38. The summed E-state index contributed by atoms with van der Waals surface area (Å²) in [4.78, 5) is 16.5. The fourth-order valence-electron chi connectivity index (χ4n) is 3.94. The lowest BCUT2D eigenvalue weighted by molar-refractivity contribution is -0.139. The first kappa shape index (κ1) is 18.2. The highest BCUT2D eigenvalue weighted by atomic mass is 32.2. The van der Waals surface area contributed by atoms with Crippen molar-refractivity contribution in [1.82, 2.24) is 9.21 Å². The third kappa shape index (κ3) is 3.13. The Morgan fingerprint density at radius 1 is 1.19 bits per heavy atom. The maximum Gasteiger partial charge on any atom is 0.252 e. The molecule has 8 heteroatoms. The molecule has 4 rings (SSSR count). The van der Waals surface area contributed by atoms with Gasteiger partial charge in [0.1, 0.15) is 4.21 Å². The molecular weight excluding hydrogens is 388 g/mol. The third-order valence-electron chi connectivity index (χ3n) is 5.38. The quantitative estimate of drug-likeness (QED) is 0.780. The van der Waals surface area contributed by atoms with Gasteiger partial charge in [-0.15, -0.1) is 22.7 Å². The smallest absolute Gasteiger partial charge is 0.252 e. The van der Waals surface area contributed by atoms with Crippen molar-refractivity contribution in [2.75, 3.05) is 19.6 Å². The van der Waals surface area contributed by atoms with Crippen LogP contribution in [0.2, 0.25) is 0 Å². The second-order valence-electron chi connectivity index (χ2n) is 6.89. The zero-order valence-electron chi connectivity index (χ0n) is 14.6. The van der Waals surface area contributed by atoms with Gasteiger partial charge in [-0.2, -0.15) is 4.31 Å². The number of nitrogens with zero attached hydrogens (tertiary/aromatic N) is 2. The molecule has 2 atom stereocenters. The minimum Gasteiger partial charge on any atom is -0.335 e. The zero-order chi connectivity index (χ0) is 18.3. The Morgan fingerprint density at radius 2 is 2.04 bits per heavy atom. The maximum absolute atomic E-state index is 13.2. The lowest BCUT2D eigenvalue weighted by Gasteiger charge is -2.38. The first-order chi connectivity index (χ1) is 12.5. The number of hydrogen-bond donors (Lipinski definition) is 0. The maximum atomic E-state index is 13.2. The average molecular weight is 411 g/mol. The van der Waals surface area contributed by atoms with Crippen LogP contribution in [0.25, 0.3) is 0 Å². The van der Waals surface area contributed by atoms with Gasteiger partial charge in [0.2, 0.25) is 5.91 Å². The van der Waals surface area contributed by atoms with Crippen LogP contribution in [0.4, 0.5) is 0 Å². The van der Waals surface area contributed by atoms with Crippen LogP contribution in [0.3, 0.4) is 0 Å². The zero-order valence-corrected chi connectivity index (χ0v) is 17.1. The van der Waals surface area contributed by atoms with Crippen molar-refractivity contribution in [3.05, 3.63) is 39.4 Å². The van der Waals surface area contributed by atoms with E-state index >= 15 is 0 Å². The molecule has 2 aromatic heterocycles. The molecule has 1 saturated heterocycles. The predicted molar refractivity (Wildman–Crippen MR) is 104 cm³/mol. The molecule has 0 N–H and O–H groups in total. The first-order valence-electron chi connectivity index (χ1n) is 8.89. The minimum absolute atomic E-state index is 0.0711. The summed E-state index contributed by atoms with van der Waals surface area (Å²) < 4.78 is 27.5. The van der Waals surface area contributed by atoms with E-state index in [1.54, 1.807) is 28.8 Å². The molecule has 2 aliphatic rings. The van der Waals surface area contributed by atoms with Gasteiger partial charge in [-0.3, -0.25) is 4.79 Å². The number of carbonyl (C=O) groups is 1. The van der Waals surface area contributed by atoms with Gasteiger partial charge >= 0.3 is 0 Å². The van der Waals surface area contributed by atoms with Crippen molar-refractivity contribution in [3.8, 4) is 0 Å². The van der Waals surface area contributed by atoms with E-state index in [0.717, 1.165) is 25.8 Å². The van der Waals surface area contributed by atoms with Crippen LogP contribution in [-0.2, 0) is 21.2 Å². The number of amides is 1. The topological polar surface area (TPSA) is 57.7 Å². The molecule has 2 aliphatic heterocycles. The fourth-order valence-corrected chi connectivity index (χ4v) is 7.58. The van der Waals surface area contributed by atoms with E-state index in [9.17, 15) is 13.2 Å². The van der Waals surface area contributed by atoms with Crippen LogP contribution >= 0.6 is 22.7 Å². The number of piperidine rings is 1. The highest BCUT2D eigenvalue weighted by molar-refractivity contribution is 7.91. The molecule has 26 heavy (non-hydrogen) atoms. The molecule has 5 nitrogen and oxygen atoms in total. The SMILES string of the molecule is C[C@H]1c2ccsc2CCN1C(=O)[C@@H]1CCCN(S(=O)(=O)c2cccs2)C1. The summed E-state index contributed by atoms with van der Waals surface area (Å²) in [6.07, 6.45) is 2.38. The van der Waals surface area contributed by atoms with Crippen molar-refractivity contribution >= 4 is 38.6 Å². The Hall–Kier alpha value is -1.22. The molecule has 0 unspecified atom stereocenters. The first-order valence-corrected chi connectivity index (χ1v) is 12.1. The number of fused-ring (bicyclic) bond motifs is 1. The van der Waals surface area contributed by atoms with Gasteiger partial charge < -0.3 is 4.90 Å². The summed E-state index contributed by atoms with van der Waals surface area (Å²) >= 11 is 2.99. The molecule has 2 aromatic rings. The van der Waals surface area contributed by atoms with E-state index in [-0.39, 0.29) is 17.9 Å². The fraction of sp³-hybridized carbons (Fsp3) is 0.500. The molecule has 0 spiro atoms. The predicted octanol–water partition coefficient (Wildman–Crippen LogP) is 3.36. The normalized spacial score (nSPS) is 24.4. The van der Waals surface area contributed by atoms with Gasteiger partial charge in [-0.1, -0.05) is 6.07 Å². The lowest BCUT2D eigenvalue weighted by Crippen LogP contribution is -2.48. The molecule has 0 radical (unpaired) electrons. The van der Waals surface area contributed by atoms with Crippen LogP contribution in [0.5, 0.6) is 0 Å². The van der Waals surface area contributed by atoms with Crippen molar-refractivity contribution in [2.24, 2.45) is 5.92 Å². The monoisotopic (exact) mass is 410 g/mol. The number of carbonyl (C=O) groups excluding carboxylic acids is 1. The van der Waals surface area contributed by atoms with Crippen LogP contribution in [0.1, 0.15) is 36.2 Å². The second-order valence-corrected chi connectivity index (χ2v) is 11.0. The van der Waals surface area contributed by atoms with Crippen molar-refractivity contribution in [1.29, 1.82) is 0 Å². The summed E-state index contributed by atoms with van der Waals surface area (Å²) in [7, 11) is -3.49. The average Bonchev–Trinajstić information content (AvgIpc) is 3.34. The van der Waals surface area contributed by atoms with Gasteiger partial charge in [-0.05, 0) is 54.6 Å². The van der Waals surface area contributed by atoms with Crippen molar-refractivity contribution in [2.45, 2.75) is 36.4 Å². The van der Waals surface area contributed by atoms with E-state index < -0.39 is 10.0 Å². The van der Waals surface area contributed by atoms with Crippen LogP contribution in [-0.4, -0.2) is 43.2 Å². The Bertz CT molecular complexity index is 889. The standard InChI is InChI=1S/C18H22N2O3S3/c1-13-15-7-11-24-16(15)6-9-20(13)18(21)14-4-2-8-19(12-14)26(22,23)17-5-3-10-25-17/h3,5,7,10-11,13-14H,2,4,6,8-9,12H2,1H3/t13-,14+/m0/s1. The van der Waals surface area contributed by atoms with Gasteiger partial charge in [0, 0.05) is 24.5 Å². The molecule has 0 saturated carbocycles. The second kappa shape index (κ2) is 7.07. The van der Waals surface area contributed by atoms with Gasteiger partial charge in [0.05, 0.1) is 12.0 Å². The van der Waals surface area contributed by atoms with Gasteiger partial charge in [-0.25, -0.2) is 8.42 Å². The number of hydrogen-bond acceptors (Lipinski definition) is 5. The summed E-state index contributed by atoms with van der Waals surface area (Å²) in [6, 6.07) is 5.56. The van der Waals surface area contributed by atoms with E-state index in [1.165, 1.54) is 26.1 Å². The lowest BCUT2D eigenvalue weighted by atomic mass is 9.94. The van der Waals surface area contributed by atoms with Crippen LogP contribution in [0.15, 0.2) is 33.2 Å². The Kier molecular flexibility index (Phi) is 4.94. The molecule has 0 aromatic carbocycles. The molecule has 140 valence electrons. The van der Waals surface area contributed by atoms with Gasteiger partial charge in [0.25, 0.3) is 10.0 Å². The van der Waals surface area contributed by atoms with Gasteiger partial charge in [0.15, 0.2) is 0 Å². The summed E-state index contributed by atoms with van der Waals surface area (Å²) in [6.45, 7) is 3.58. The van der Waals surface area contributed by atoms with Crippen LogP contribution in [0, 0.1) is 5.92 Å². The van der Waals surface area contributed by atoms with E-state index in [1.807, 2.05) is 4.90 Å². The molecule has 0 bridgehead atoms. The largest absolute Gasteiger partial charge is 0.335 e. The van der Waals surface area contributed by atoms with Crippen molar-refractivity contribution < 1.29 is 13.2 Å². The third-order valence-corrected chi connectivity index (χ3v) is 9.62. The molecule has 4 heterocycles. The Morgan fingerprint density at radius 3 is 2.81 bits per heavy atom. The van der Waals surface area contributed by atoms with Crippen molar-refractivity contribution in [3.63, 3.8) is 0 Å². The van der Waals surface area contributed by atoms with E-state index in [2.05, 4.69) is 18.4 Å². The molecule has 0 aliphatic carbocycles. The Labute approximate surface area is 162 Å². The summed E-state index contributed by atoms with van der Waals surface area (Å²) in [5, 5.41) is 3.86. The van der Waals surface area contributed by atoms with E-state index in [0.29, 0.717) is 17.3 Å². The highest BCUT2D eigenvalue weighted by Crippen LogP contribution is 2.35. The molecular formula is C18H22N2O3S3. The summed E-state index contributed by atoms with van der Waals surface area (Å²) in [5.41, 5.74) is 1.24. The molecule has 1 amide bonds. The Balaban J connectivity index is 1.51.